The van der Waals surface area contributed by atoms with E-state index in [1.54, 1.807) is 11.9 Å². The van der Waals surface area contributed by atoms with Crippen molar-refractivity contribution in [3.63, 3.8) is 0 Å². The number of nitro groups is 1. The predicted molar refractivity (Wildman–Crippen MR) is 97.5 cm³/mol. The summed E-state index contributed by atoms with van der Waals surface area (Å²) in [7, 11) is 1.77. The van der Waals surface area contributed by atoms with E-state index in [9.17, 15) is 19.7 Å². The van der Waals surface area contributed by atoms with Crippen LogP contribution in [0.4, 0.5) is 5.69 Å². The van der Waals surface area contributed by atoms with E-state index in [0.29, 0.717) is 13.2 Å². The highest BCUT2D eigenvalue weighted by Crippen LogP contribution is 2.30. The third-order valence-electron chi connectivity index (χ3n) is 4.24. The molecule has 27 heavy (non-hydrogen) atoms. The first-order valence-electron chi connectivity index (χ1n) is 8.46. The quantitative estimate of drug-likeness (QED) is 0.423. The van der Waals surface area contributed by atoms with Crippen molar-refractivity contribution in [3.8, 4) is 5.75 Å². The van der Waals surface area contributed by atoms with E-state index < -0.39 is 16.7 Å². The molecule has 0 N–H and O–H groups in total. The fourth-order valence-electron chi connectivity index (χ4n) is 3.06. The molecule has 8 nitrogen and oxygen atoms in total. The van der Waals surface area contributed by atoms with E-state index in [-0.39, 0.29) is 23.5 Å². The number of fused-ring (bicyclic) bond motifs is 1. The minimum absolute atomic E-state index is 0.0384. The smallest absolute Gasteiger partial charge is 0.282 e. The third-order valence-corrected chi connectivity index (χ3v) is 4.24. The number of hydrogen-bond donors (Lipinski definition) is 0. The maximum atomic E-state index is 12.6. The van der Waals surface area contributed by atoms with E-state index >= 15 is 0 Å². The van der Waals surface area contributed by atoms with Crippen molar-refractivity contribution in [2.75, 3.05) is 20.3 Å². The van der Waals surface area contributed by atoms with Gasteiger partial charge in [-0.3, -0.25) is 29.5 Å². The summed E-state index contributed by atoms with van der Waals surface area (Å²) in [6.07, 6.45) is 0. The molecule has 0 radical (unpaired) electrons. The van der Waals surface area contributed by atoms with Crippen LogP contribution >= 0.6 is 0 Å². The van der Waals surface area contributed by atoms with E-state index in [1.807, 2.05) is 31.2 Å². The Hall–Kier alpha value is -3.26. The van der Waals surface area contributed by atoms with Crippen LogP contribution in [0, 0.1) is 10.1 Å². The third kappa shape index (κ3) is 3.65. The van der Waals surface area contributed by atoms with Crippen molar-refractivity contribution >= 4 is 17.5 Å². The number of carbonyl (C=O) groups is 2. The Morgan fingerprint density at radius 3 is 2.44 bits per heavy atom. The van der Waals surface area contributed by atoms with Gasteiger partial charge in [0.2, 0.25) is 0 Å². The van der Waals surface area contributed by atoms with Gasteiger partial charge in [0.25, 0.3) is 17.5 Å². The number of benzene rings is 2. The average molecular weight is 369 g/mol. The molecule has 0 fully saturated rings. The molecule has 0 saturated heterocycles. The number of imide groups is 1. The van der Waals surface area contributed by atoms with Crippen LogP contribution in [0.3, 0.4) is 0 Å². The van der Waals surface area contributed by atoms with Crippen LogP contribution in [0.15, 0.2) is 42.5 Å². The van der Waals surface area contributed by atoms with Gasteiger partial charge in [0.1, 0.15) is 11.3 Å². The maximum Gasteiger partial charge on any atom is 0.282 e. The normalized spacial score (nSPS) is 13.2. The number of hydrogen-bond acceptors (Lipinski definition) is 6. The Morgan fingerprint density at radius 2 is 1.81 bits per heavy atom. The van der Waals surface area contributed by atoms with Crippen LogP contribution in [-0.4, -0.2) is 46.9 Å². The molecule has 1 aliphatic rings. The fraction of sp³-hybridized carbons (Fsp3) is 0.263. The van der Waals surface area contributed by atoms with E-state index in [0.717, 1.165) is 16.2 Å². The highest BCUT2D eigenvalue weighted by Gasteiger charge is 2.41. The minimum Gasteiger partial charge on any atom is -0.494 e. The Bertz CT molecular complexity index is 895. The maximum absolute atomic E-state index is 12.6. The summed E-state index contributed by atoms with van der Waals surface area (Å²) in [5, 5.41) is 11.2. The largest absolute Gasteiger partial charge is 0.494 e. The Morgan fingerprint density at radius 1 is 1.11 bits per heavy atom. The van der Waals surface area contributed by atoms with Crippen molar-refractivity contribution in [1.82, 2.24) is 9.80 Å². The molecule has 2 aromatic carbocycles. The minimum atomic E-state index is -0.642. The topological polar surface area (TPSA) is 93.0 Å². The van der Waals surface area contributed by atoms with Gasteiger partial charge < -0.3 is 4.74 Å². The van der Waals surface area contributed by atoms with Crippen molar-refractivity contribution < 1.29 is 19.2 Å². The first-order chi connectivity index (χ1) is 12.9. The second kappa shape index (κ2) is 7.55. The molecule has 0 spiro atoms. The van der Waals surface area contributed by atoms with Gasteiger partial charge in [0.15, 0.2) is 0 Å². The molecule has 2 amide bonds. The molecular weight excluding hydrogens is 350 g/mol. The fourth-order valence-corrected chi connectivity index (χ4v) is 3.06. The highest BCUT2D eigenvalue weighted by atomic mass is 16.6. The predicted octanol–water partition coefficient (Wildman–Crippen LogP) is 2.68. The number of rotatable bonds is 7. The van der Waals surface area contributed by atoms with Crippen LogP contribution in [0.1, 0.15) is 33.2 Å². The second-order valence-electron chi connectivity index (χ2n) is 6.23. The monoisotopic (exact) mass is 369 g/mol. The lowest BCUT2D eigenvalue weighted by Gasteiger charge is -2.22. The molecule has 0 atom stereocenters. The molecular formula is C19H19N3O5. The summed E-state index contributed by atoms with van der Waals surface area (Å²) in [6.45, 7) is 3.04. The molecule has 1 heterocycles. The highest BCUT2D eigenvalue weighted by molar-refractivity contribution is 6.23. The lowest BCUT2D eigenvalue weighted by atomic mass is 10.1. The Labute approximate surface area is 156 Å². The molecule has 1 aliphatic heterocycles. The summed E-state index contributed by atoms with van der Waals surface area (Å²) < 4.78 is 5.40. The average Bonchev–Trinajstić information content (AvgIpc) is 2.88. The van der Waals surface area contributed by atoms with Gasteiger partial charge in [0, 0.05) is 12.6 Å². The van der Waals surface area contributed by atoms with Gasteiger partial charge in [-0.1, -0.05) is 18.2 Å². The van der Waals surface area contributed by atoms with Crippen molar-refractivity contribution in [3.05, 3.63) is 69.3 Å². The summed E-state index contributed by atoms with van der Waals surface area (Å²) in [5.74, 6) is -0.380. The summed E-state index contributed by atoms with van der Waals surface area (Å²) in [6, 6.07) is 11.6. The van der Waals surface area contributed by atoms with Crippen molar-refractivity contribution in [2.45, 2.75) is 13.5 Å². The zero-order valence-corrected chi connectivity index (χ0v) is 15.0. The number of ether oxygens (including phenoxy) is 1. The van der Waals surface area contributed by atoms with E-state index in [4.69, 9.17) is 4.74 Å². The van der Waals surface area contributed by atoms with Gasteiger partial charge in [-0.25, -0.2) is 0 Å². The molecule has 0 aliphatic carbocycles. The molecule has 0 saturated carbocycles. The van der Waals surface area contributed by atoms with Crippen LogP contribution in [0.25, 0.3) is 0 Å². The molecule has 0 bridgehead atoms. The SMILES string of the molecule is CCOc1ccc(CN(C)CN2C(=O)c3cccc([N+](=O)[O-])c3C2=O)cc1. The summed E-state index contributed by atoms with van der Waals surface area (Å²) in [4.78, 5) is 38.5. The van der Waals surface area contributed by atoms with Crippen LogP contribution in [0.2, 0.25) is 0 Å². The number of nitro benzene ring substituents is 1. The van der Waals surface area contributed by atoms with Gasteiger partial charge >= 0.3 is 0 Å². The van der Waals surface area contributed by atoms with Crippen LogP contribution in [0.5, 0.6) is 5.75 Å². The standard InChI is InChI=1S/C19H19N3O5/c1-3-27-14-9-7-13(8-10-14)11-20(2)12-21-18(23)15-5-4-6-16(22(25)26)17(15)19(21)24/h4-10H,3,11-12H2,1-2H3. The summed E-state index contributed by atoms with van der Waals surface area (Å²) >= 11 is 0. The van der Waals surface area contributed by atoms with E-state index in [1.165, 1.54) is 18.2 Å². The molecule has 3 rings (SSSR count). The molecule has 0 unspecified atom stereocenters. The number of nitrogens with zero attached hydrogens (tertiary/aromatic N) is 3. The first-order valence-corrected chi connectivity index (χ1v) is 8.46. The zero-order chi connectivity index (χ0) is 19.6. The first kappa shape index (κ1) is 18.5. The van der Waals surface area contributed by atoms with Gasteiger partial charge in [0.05, 0.1) is 23.8 Å². The lowest BCUT2D eigenvalue weighted by Crippen LogP contribution is -2.39. The van der Waals surface area contributed by atoms with Crippen LogP contribution in [-0.2, 0) is 6.54 Å². The Balaban J connectivity index is 1.72. The van der Waals surface area contributed by atoms with Gasteiger partial charge in [-0.15, -0.1) is 0 Å². The van der Waals surface area contributed by atoms with Gasteiger partial charge in [-0.2, -0.15) is 0 Å². The second-order valence-corrected chi connectivity index (χ2v) is 6.23. The molecule has 0 aromatic heterocycles. The number of amides is 2. The van der Waals surface area contributed by atoms with Crippen LogP contribution < -0.4 is 4.74 Å². The molecule has 140 valence electrons. The Kier molecular flexibility index (Phi) is 5.18. The van der Waals surface area contributed by atoms with Crippen molar-refractivity contribution in [2.24, 2.45) is 0 Å². The van der Waals surface area contributed by atoms with Crippen molar-refractivity contribution in [1.29, 1.82) is 0 Å². The van der Waals surface area contributed by atoms with E-state index in [2.05, 4.69) is 0 Å². The molecule has 8 heteroatoms. The molecule has 2 aromatic rings. The zero-order valence-electron chi connectivity index (χ0n) is 15.0. The lowest BCUT2D eigenvalue weighted by molar-refractivity contribution is -0.385. The number of carbonyl (C=O) groups excluding carboxylic acids is 2. The van der Waals surface area contributed by atoms with Gasteiger partial charge in [-0.05, 0) is 37.7 Å². The summed E-state index contributed by atoms with van der Waals surface area (Å²) in [5.41, 5.74) is 0.580.